The van der Waals surface area contributed by atoms with Crippen LogP contribution in [0.2, 0.25) is 0 Å². The van der Waals surface area contributed by atoms with Crippen LogP contribution in [-0.4, -0.2) is 6.54 Å². The lowest BCUT2D eigenvalue weighted by atomic mass is 9.97. The highest BCUT2D eigenvalue weighted by Gasteiger charge is 2.02. The van der Waals surface area contributed by atoms with Crippen LogP contribution in [0.25, 0.3) is 10.8 Å². The van der Waals surface area contributed by atoms with Crippen LogP contribution in [0.15, 0.2) is 36.4 Å². The molecule has 1 nitrogen and oxygen atoms in total. The molecule has 0 saturated heterocycles. The highest BCUT2D eigenvalue weighted by atomic mass is 14.5. The molecule has 0 aliphatic heterocycles. The number of nitrogens with two attached hydrogens (primary N) is 1. The number of hydrogen-bond donors (Lipinski definition) is 1. The molecule has 1 heteroatoms. The van der Waals surface area contributed by atoms with Crippen molar-refractivity contribution in [3.05, 3.63) is 47.5 Å². The summed E-state index contributed by atoms with van der Waals surface area (Å²) in [6, 6.07) is 13.5. The number of benzene rings is 2. The molecule has 96 valence electrons. The van der Waals surface area contributed by atoms with Crippen molar-refractivity contribution in [2.75, 3.05) is 6.54 Å². The molecule has 0 unspecified atom stereocenters. The maximum atomic E-state index is 5.62. The van der Waals surface area contributed by atoms with Crippen molar-refractivity contribution in [1.82, 2.24) is 0 Å². The average Bonchev–Trinajstić information content (AvgIpc) is 2.42. The minimum atomic E-state index is 0.770. The van der Waals surface area contributed by atoms with E-state index in [0.29, 0.717) is 0 Å². The summed E-state index contributed by atoms with van der Waals surface area (Å²) < 4.78 is 0. The van der Waals surface area contributed by atoms with Gasteiger partial charge >= 0.3 is 0 Å². The van der Waals surface area contributed by atoms with Crippen molar-refractivity contribution in [3.8, 4) is 0 Å². The summed E-state index contributed by atoms with van der Waals surface area (Å²) in [5.74, 6) is 0. The molecule has 2 N–H and O–H groups in total. The van der Waals surface area contributed by atoms with E-state index in [9.17, 15) is 0 Å². The van der Waals surface area contributed by atoms with Crippen LogP contribution in [0, 0.1) is 0 Å². The van der Waals surface area contributed by atoms with Gasteiger partial charge in [-0.3, -0.25) is 0 Å². The molecule has 0 spiro atoms. The van der Waals surface area contributed by atoms with E-state index in [4.69, 9.17) is 5.73 Å². The van der Waals surface area contributed by atoms with E-state index >= 15 is 0 Å². The minimum absolute atomic E-state index is 0.770. The Labute approximate surface area is 110 Å². The number of rotatable bonds is 6. The van der Waals surface area contributed by atoms with Gasteiger partial charge in [-0.15, -0.1) is 0 Å². The zero-order valence-corrected chi connectivity index (χ0v) is 11.3. The van der Waals surface area contributed by atoms with Gasteiger partial charge in [0.2, 0.25) is 0 Å². The highest BCUT2D eigenvalue weighted by molar-refractivity contribution is 5.86. The van der Waals surface area contributed by atoms with Gasteiger partial charge in [-0.2, -0.15) is 0 Å². The summed E-state index contributed by atoms with van der Waals surface area (Å²) in [6.45, 7) is 3.01. The standard InChI is InChI=1S/C17H23N/c1-2-3-6-14-10-11-16-8-4-7-15(9-5-12-18)17(16)13-14/h4,7-8,10-11,13H,2-3,5-6,9,12,18H2,1H3. The molecule has 0 bridgehead atoms. The van der Waals surface area contributed by atoms with E-state index in [-0.39, 0.29) is 0 Å². The Kier molecular flexibility index (Phi) is 4.77. The fourth-order valence-corrected chi connectivity index (χ4v) is 2.43. The van der Waals surface area contributed by atoms with Crippen LogP contribution in [0.1, 0.15) is 37.3 Å². The number of aryl methyl sites for hydroxylation is 2. The van der Waals surface area contributed by atoms with Crippen LogP contribution >= 0.6 is 0 Å². The molecule has 2 aromatic rings. The molecule has 0 fully saturated rings. The van der Waals surface area contributed by atoms with Crippen LogP contribution in [0.5, 0.6) is 0 Å². The molecule has 0 radical (unpaired) electrons. The average molecular weight is 241 g/mol. The first kappa shape index (κ1) is 13.1. The van der Waals surface area contributed by atoms with Gasteiger partial charge in [0.25, 0.3) is 0 Å². The van der Waals surface area contributed by atoms with Crippen molar-refractivity contribution < 1.29 is 0 Å². The molecule has 18 heavy (non-hydrogen) atoms. The normalized spacial score (nSPS) is 11.0. The Morgan fingerprint density at radius 3 is 2.67 bits per heavy atom. The van der Waals surface area contributed by atoms with Crippen LogP contribution in [0.3, 0.4) is 0 Å². The Bertz CT molecular complexity index is 502. The van der Waals surface area contributed by atoms with Gasteiger partial charge in [-0.25, -0.2) is 0 Å². The fourth-order valence-electron chi connectivity index (χ4n) is 2.43. The topological polar surface area (TPSA) is 26.0 Å². The monoisotopic (exact) mass is 241 g/mol. The quantitative estimate of drug-likeness (QED) is 0.810. The van der Waals surface area contributed by atoms with Crippen molar-refractivity contribution in [3.63, 3.8) is 0 Å². The van der Waals surface area contributed by atoms with Crippen LogP contribution in [0.4, 0.5) is 0 Å². The Morgan fingerprint density at radius 1 is 1.00 bits per heavy atom. The van der Waals surface area contributed by atoms with Gasteiger partial charge in [0.05, 0.1) is 0 Å². The molecule has 0 amide bonds. The first-order valence-electron chi connectivity index (χ1n) is 7.05. The van der Waals surface area contributed by atoms with E-state index in [2.05, 4.69) is 43.3 Å². The Hall–Kier alpha value is -1.34. The summed E-state index contributed by atoms with van der Waals surface area (Å²) in [5.41, 5.74) is 8.52. The van der Waals surface area contributed by atoms with Gasteiger partial charge in [-0.05, 0) is 54.1 Å². The first-order chi connectivity index (χ1) is 8.85. The second-order valence-electron chi connectivity index (χ2n) is 4.97. The summed E-state index contributed by atoms with van der Waals surface area (Å²) in [6.07, 6.45) is 5.88. The molecule has 0 saturated carbocycles. The lowest BCUT2D eigenvalue weighted by Crippen LogP contribution is -2.00. The SMILES string of the molecule is CCCCc1ccc2cccc(CCCN)c2c1. The molecule has 0 aliphatic rings. The molecule has 2 aromatic carbocycles. The first-order valence-corrected chi connectivity index (χ1v) is 7.05. The van der Waals surface area contributed by atoms with Crippen molar-refractivity contribution in [2.24, 2.45) is 5.73 Å². The van der Waals surface area contributed by atoms with Crippen molar-refractivity contribution >= 4 is 10.8 Å². The molecule has 2 rings (SSSR count). The molecule has 0 heterocycles. The molecular formula is C17H23N. The molecule has 0 aromatic heterocycles. The number of unbranched alkanes of at least 4 members (excludes halogenated alkanes) is 1. The van der Waals surface area contributed by atoms with Crippen molar-refractivity contribution in [1.29, 1.82) is 0 Å². The number of hydrogen-bond acceptors (Lipinski definition) is 1. The third-order valence-electron chi connectivity index (χ3n) is 3.51. The summed E-state index contributed by atoms with van der Waals surface area (Å²) in [5, 5.41) is 2.77. The second kappa shape index (κ2) is 6.55. The molecular weight excluding hydrogens is 218 g/mol. The Morgan fingerprint density at radius 2 is 1.89 bits per heavy atom. The van der Waals surface area contributed by atoms with Gasteiger partial charge in [0, 0.05) is 0 Å². The van der Waals surface area contributed by atoms with E-state index < -0.39 is 0 Å². The third kappa shape index (κ3) is 3.11. The number of fused-ring (bicyclic) bond motifs is 1. The minimum Gasteiger partial charge on any atom is -0.330 e. The lowest BCUT2D eigenvalue weighted by molar-refractivity contribution is 0.795. The molecule has 0 aliphatic carbocycles. The van der Waals surface area contributed by atoms with E-state index in [0.717, 1.165) is 19.4 Å². The second-order valence-corrected chi connectivity index (χ2v) is 4.97. The maximum absolute atomic E-state index is 5.62. The zero-order valence-electron chi connectivity index (χ0n) is 11.3. The fraction of sp³-hybridized carbons (Fsp3) is 0.412. The van der Waals surface area contributed by atoms with Gasteiger partial charge < -0.3 is 5.73 Å². The largest absolute Gasteiger partial charge is 0.330 e. The predicted octanol–water partition coefficient (Wildman–Crippen LogP) is 4.07. The summed E-state index contributed by atoms with van der Waals surface area (Å²) in [4.78, 5) is 0. The molecule has 0 atom stereocenters. The smallest absolute Gasteiger partial charge is 0.00741 e. The summed E-state index contributed by atoms with van der Waals surface area (Å²) >= 11 is 0. The van der Waals surface area contributed by atoms with Gasteiger partial charge in [0.15, 0.2) is 0 Å². The zero-order chi connectivity index (χ0) is 12.8. The van der Waals surface area contributed by atoms with Gasteiger partial charge in [-0.1, -0.05) is 49.7 Å². The maximum Gasteiger partial charge on any atom is -0.00741 e. The third-order valence-corrected chi connectivity index (χ3v) is 3.51. The van der Waals surface area contributed by atoms with Crippen molar-refractivity contribution in [2.45, 2.75) is 39.0 Å². The van der Waals surface area contributed by atoms with E-state index in [1.807, 2.05) is 0 Å². The summed E-state index contributed by atoms with van der Waals surface area (Å²) in [7, 11) is 0. The van der Waals surface area contributed by atoms with E-state index in [1.165, 1.54) is 41.2 Å². The van der Waals surface area contributed by atoms with Crippen LogP contribution in [-0.2, 0) is 12.8 Å². The highest BCUT2D eigenvalue weighted by Crippen LogP contribution is 2.22. The van der Waals surface area contributed by atoms with Gasteiger partial charge in [0.1, 0.15) is 0 Å². The predicted molar refractivity (Wildman–Crippen MR) is 79.9 cm³/mol. The lowest BCUT2D eigenvalue weighted by Gasteiger charge is -2.08. The van der Waals surface area contributed by atoms with Crippen LogP contribution < -0.4 is 5.73 Å². The Balaban J connectivity index is 2.32. The van der Waals surface area contributed by atoms with E-state index in [1.54, 1.807) is 0 Å².